The number of benzene rings is 1. The molecule has 5 nitrogen and oxygen atoms in total. The van der Waals surface area contributed by atoms with Crippen LogP contribution in [0.15, 0.2) is 18.2 Å². The van der Waals surface area contributed by atoms with Crippen molar-refractivity contribution in [3.05, 3.63) is 39.8 Å². The maximum atomic E-state index is 12.8. The van der Waals surface area contributed by atoms with E-state index in [-0.39, 0.29) is 5.91 Å². The number of carbonyl (C=O) groups excluding carboxylic acids is 1. The minimum atomic E-state index is -0.263. The Balaban J connectivity index is 1.88. The molecule has 1 atom stereocenters. The summed E-state index contributed by atoms with van der Waals surface area (Å²) in [5.74, 6) is 1.53. The van der Waals surface area contributed by atoms with Crippen LogP contribution in [0, 0.1) is 17.2 Å². The van der Waals surface area contributed by atoms with Crippen LogP contribution in [0.25, 0.3) is 0 Å². The summed E-state index contributed by atoms with van der Waals surface area (Å²) in [4.78, 5) is 14.1. The standard InChI is InChI=1S/C21H24N2O3S/c1-4-25-15-9-14(10-16(11-15)26-5-2)20(24)23-21-18(12-22)17-7-6-13(3)8-19(17)27-21/h9-11,13H,4-8H2,1-3H3,(H,23,24)/t13-/m1/s1. The number of carbonyl (C=O) groups is 1. The van der Waals surface area contributed by atoms with Gasteiger partial charge >= 0.3 is 0 Å². The Hall–Kier alpha value is -2.52. The highest BCUT2D eigenvalue weighted by atomic mass is 32.1. The summed E-state index contributed by atoms with van der Waals surface area (Å²) in [6, 6.07) is 7.45. The summed E-state index contributed by atoms with van der Waals surface area (Å²) in [6.07, 6.45) is 2.96. The molecule has 1 aliphatic rings. The number of nitriles is 1. The molecule has 1 amide bonds. The molecule has 0 bridgehead atoms. The molecule has 0 spiro atoms. The molecule has 142 valence electrons. The maximum Gasteiger partial charge on any atom is 0.256 e. The number of thiophene rings is 1. The minimum absolute atomic E-state index is 0.263. The molecular formula is C21H24N2O3S. The third kappa shape index (κ3) is 4.25. The van der Waals surface area contributed by atoms with Crippen LogP contribution in [0.1, 0.15) is 53.6 Å². The molecule has 0 saturated heterocycles. The van der Waals surface area contributed by atoms with Gasteiger partial charge in [-0.2, -0.15) is 5.26 Å². The average molecular weight is 385 g/mol. The Bertz CT molecular complexity index is 858. The molecule has 0 aliphatic heterocycles. The van der Waals surface area contributed by atoms with Gasteiger partial charge in [-0.15, -0.1) is 11.3 Å². The van der Waals surface area contributed by atoms with Crippen molar-refractivity contribution in [3.8, 4) is 17.6 Å². The second-order valence-corrected chi connectivity index (χ2v) is 7.79. The number of rotatable bonds is 6. The van der Waals surface area contributed by atoms with E-state index in [0.29, 0.717) is 46.8 Å². The van der Waals surface area contributed by atoms with Crippen LogP contribution in [0.5, 0.6) is 11.5 Å². The maximum absolute atomic E-state index is 12.8. The summed E-state index contributed by atoms with van der Waals surface area (Å²) in [5, 5.41) is 13.2. The number of nitrogens with zero attached hydrogens (tertiary/aromatic N) is 1. The molecule has 1 heterocycles. The number of nitrogens with one attached hydrogen (secondary N) is 1. The van der Waals surface area contributed by atoms with E-state index in [1.165, 1.54) is 16.2 Å². The first kappa shape index (κ1) is 19.2. The molecule has 0 unspecified atom stereocenters. The summed E-state index contributed by atoms with van der Waals surface area (Å²) < 4.78 is 11.1. The van der Waals surface area contributed by atoms with Gasteiger partial charge in [0, 0.05) is 16.5 Å². The highest BCUT2D eigenvalue weighted by Crippen LogP contribution is 2.39. The molecule has 27 heavy (non-hydrogen) atoms. The second-order valence-electron chi connectivity index (χ2n) is 6.68. The molecule has 1 aromatic carbocycles. The zero-order chi connectivity index (χ0) is 19.4. The van der Waals surface area contributed by atoms with Crippen LogP contribution in [-0.4, -0.2) is 19.1 Å². The summed E-state index contributed by atoms with van der Waals surface area (Å²) in [7, 11) is 0. The van der Waals surface area contributed by atoms with Gasteiger partial charge in [0.25, 0.3) is 5.91 Å². The first-order valence-electron chi connectivity index (χ1n) is 9.32. The van der Waals surface area contributed by atoms with Crippen molar-refractivity contribution in [2.24, 2.45) is 5.92 Å². The number of anilines is 1. The Morgan fingerprint density at radius 3 is 2.52 bits per heavy atom. The molecule has 1 N–H and O–H groups in total. The number of hydrogen-bond acceptors (Lipinski definition) is 5. The Morgan fingerprint density at radius 1 is 1.26 bits per heavy atom. The minimum Gasteiger partial charge on any atom is -0.494 e. The average Bonchev–Trinajstić information content (AvgIpc) is 2.98. The van der Waals surface area contributed by atoms with Gasteiger partial charge in [0.15, 0.2) is 0 Å². The summed E-state index contributed by atoms with van der Waals surface area (Å²) >= 11 is 1.53. The van der Waals surface area contributed by atoms with Gasteiger partial charge in [-0.1, -0.05) is 6.92 Å². The highest BCUT2D eigenvalue weighted by molar-refractivity contribution is 7.16. The molecule has 1 aromatic heterocycles. The van der Waals surface area contributed by atoms with E-state index in [4.69, 9.17) is 9.47 Å². The highest BCUT2D eigenvalue weighted by Gasteiger charge is 2.25. The van der Waals surface area contributed by atoms with Crippen molar-refractivity contribution < 1.29 is 14.3 Å². The molecule has 0 fully saturated rings. The normalized spacial score (nSPS) is 15.6. The van der Waals surface area contributed by atoms with Crippen LogP contribution in [0.2, 0.25) is 0 Å². The molecular weight excluding hydrogens is 360 g/mol. The quantitative estimate of drug-likeness (QED) is 0.777. The van der Waals surface area contributed by atoms with Crippen molar-refractivity contribution in [2.75, 3.05) is 18.5 Å². The third-order valence-corrected chi connectivity index (χ3v) is 5.78. The van der Waals surface area contributed by atoms with Crippen LogP contribution >= 0.6 is 11.3 Å². The Kier molecular flexibility index (Phi) is 6.02. The zero-order valence-electron chi connectivity index (χ0n) is 15.9. The smallest absolute Gasteiger partial charge is 0.256 e. The number of hydrogen-bond donors (Lipinski definition) is 1. The largest absolute Gasteiger partial charge is 0.494 e. The Labute approximate surface area is 163 Å². The number of ether oxygens (including phenoxy) is 2. The van der Waals surface area contributed by atoms with E-state index >= 15 is 0 Å². The second kappa shape index (κ2) is 8.45. The Morgan fingerprint density at radius 2 is 1.93 bits per heavy atom. The first-order valence-corrected chi connectivity index (χ1v) is 10.1. The van der Waals surface area contributed by atoms with Crippen molar-refractivity contribution in [3.63, 3.8) is 0 Å². The molecule has 1 aliphatic carbocycles. The van der Waals surface area contributed by atoms with Crippen molar-refractivity contribution in [1.29, 1.82) is 5.26 Å². The van der Waals surface area contributed by atoms with Crippen molar-refractivity contribution in [1.82, 2.24) is 0 Å². The number of amides is 1. The van der Waals surface area contributed by atoms with Crippen molar-refractivity contribution >= 4 is 22.2 Å². The van der Waals surface area contributed by atoms with Gasteiger partial charge in [0.1, 0.15) is 22.6 Å². The third-order valence-electron chi connectivity index (χ3n) is 4.61. The van der Waals surface area contributed by atoms with Gasteiger partial charge in [0.2, 0.25) is 0 Å². The fourth-order valence-electron chi connectivity index (χ4n) is 3.34. The fourth-order valence-corrected chi connectivity index (χ4v) is 4.69. The lowest BCUT2D eigenvalue weighted by molar-refractivity contribution is 0.102. The lowest BCUT2D eigenvalue weighted by Crippen LogP contribution is -2.13. The van der Waals surface area contributed by atoms with E-state index in [1.807, 2.05) is 13.8 Å². The molecule has 2 aromatic rings. The fraction of sp³-hybridized carbons (Fsp3) is 0.429. The van der Waals surface area contributed by atoms with Gasteiger partial charge in [-0.05, 0) is 56.7 Å². The lowest BCUT2D eigenvalue weighted by atomic mass is 9.88. The van der Waals surface area contributed by atoms with Crippen molar-refractivity contribution in [2.45, 2.75) is 40.0 Å². The molecule has 6 heteroatoms. The first-order chi connectivity index (χ1) is 13.0. The summed E-state index contributed by atoms with van der Waals surface area (Å²) in [5.41, 5.74) is 2.17. The predicted molar refractivity (Wildman–Crippen MR) is 107 cm³/mol. The van der Waals surface area contributed by atoms with Gasteiger partial charge in [-0.3, -0.25) is 4.79 Å². The predicted octanol–water partition coefficient (Wildman–Crippen LogP) is 4.79. The lowest BCUT2D eigenvalue weighted by Gasteiger charge is -2.17. The topological polar surface area (TPSA) is 71.3 Å². The van der Waals surface area contributed by atoms with Gasteiger partial charge in [-0.25, -0.2) is 0 Å². The monoisotopic (exact) mass is 384 g/mol. The molecule has 0 radical (unpaired) electrons. The van der Waals surface area contributed by atoms with E-state index in [0.717, 1.165) is 24.8 Å². The van der Waals surface area contributed by atoms with E-state index in [2.05, 4.69) is 18.3 Å². The molecule has 0 saturated carbocycles. The van der Waals surface area contributed by atoms with Gasteiger partial charge < -0.3 is 14.8 Å². The van der Waals surface area contributed by atoms with E-state index in [9.17, 15) is 10.1 Å². The molecule has 3 rings (SSSR count). The van der Waals surface area contributed by atoms with Gasteiger partial charge in [0.05, 0.1) is 18.8 Å². The van der Waals surface area contributed by atoms with E-state index < -0.39 is 0 Å². The summed E-state index contributed by atoms with van der Waals surface area (Å²) in [6.45, 7) is 7.02. The van der Waals surface area contributed by atoms with Crippen LogP contribution in [0.4, 0.5) is 5.00 Å². The zero-order valence-corrected chi connectivity index (χ0v) is 16.7. The van der Waals surface area contributed by atoms with Crippen LogP contribution < -0.4 is 14.8 Å². The number of fused-ring (bicyclic) bond motifs is 1. The van der Waals surface area contributed by atoms with E-state index in [1.54, 1.807) is 18.2 Å². The van der Waals surface area contributed by atoms with Crippen LogP contribution in [-0.2, 0) is 12.8 Å². The SMILES string of the molecule is CCOc1cc(OCC)cc(C(=O)Nc2sc3c(c2C#N)CC[C@@H](C)C3)c1. The van der Waals surface area contributed by atoms with Crippen LogP contribution in [0.3, 0.4) is 0 Å².